The van der Waals surface area contributed by atoms with Crippen molar-refractivity contribution in [3.05, 3.63) is 53.1 Å². The number of hydrogen-bond donors (Lipinski definition) is 1. The molecule has 0 bridgehead atoms. The fourth-order valence-electron chi connectivity index (χ4n) is 1.67. The van der Waals surface area contributed by atoms with Gasteiger partial charge in [-0.15, -0.1) is 0 Å². The molecule has 1 N–H and O–H groups in total. The van der Waals surface area contributed by atoms with E-state index in [1.807, 2.05) is 6.92 Å². The number of aryl methyl sites for hydroxylation is 1. The molecule has 2 aromatic rings. The molecule has 1 unspecified atom stereocenters. The van der Waals surface area contributed by atoms with Crippen LogP contribution in [-0.4, -0.2) is 14.9 Å². The predicted octanol–water partition coefficient (Wildman–Crippen LogP) is 2.40. The summed E-state index contributed by atoms with van der Waals surface area (Å²) >= 11 is 0. The van der Waals surface area contributed by atoms with E-state index in [-0.39, 0.29) is 5.56 Å². The smallest absolute Gasteiger partial charge is 0.135 e. The second-order valence-corrected chi connectivity index (χ2v) is 3.82. The lowest BCUT2D eigenvalue weighted by atomic mass is 10.0. The van der Waals surface area contributed by atoms with Gasteiger partial charge in [0.05, 0.1) is 11.8 Å². The zero-order valence-electron chi connectivity index (χ0n) is 9.57. The van der Waals surface area contributed by atoms with E-state index in [1.54, 1.807) is 0 Å². The maximum absolute atomic E-state index is 13.5. The second-order valence-electron chi connectivity index (χ2n) is 3.82. The van der Waals surface area contributed by atoms with Gasteiger partial charge in [0.2, 0.25) is 0 Å². The van der Waals surface area contributed by atoms with Crippen molar-refractivity contribution in [1.29, 1.82) is 0 Å². The first kappa shape index (κ1) is 12.6. The molecule has 0 fully saturated rings. The molecular weight excluding hydrogens is 245 g/mol. The number of aliphatic hydroxyl groups excluding tert-OH is 1. The van der Waals surface area contributed by atoms with Crippen LogP contribution in [0.3, 0.4) is 0 Å². The van der Waals surface area contributed by atoms with Gasteiger partial charge in [-0.3, -0.25) is 4.68 Å². The summed E-state index contributed by atoms with van der Waals surface area (Å²) in [6, 6.07) is 1.07. The van der Waals surface area contributed by atoms with E-state index in [0.29, 0.717) is 18.7 Å². The van der Waals surface area contributed by atoms with E-state index < -0.39 is 29.1 Å². The highest BCUT2D eigenvalue weighted by Gasteiger charge is 2.22. The molecule has 1 aromatic carbocycles. The number of benzene rings is 1. The molecule has 0 aliphatic carbocycles. The van der Waals surface area contributed by atoms with Crippen LogP contribution < -0.4 is 0 Å². The molecule has 18 heavy (non-hydrogen) atoms. The normalized spacial score (nSPS) is 12.7. The van der Waals surface area contributed by atoms with Crippen molar-refractivity contribution < 1.29 is 18.3 Å². The Hall–Kier alpha value is -1.82. The first-order chi connectivity index (χ1) is 8.52. The van der Waals surface area contributed by atoms with Crippen LogP contribution in [0.2, 0.25) is 0 Å². The van der Waals surface area contributed by atoms with Crippen molar-refractivity contribution in [1.82, 2.24) is 9.78 Å². The Balaban J connectivity index is 2.42. The third-order valence-corrected chi connectivity index (χ3v) is 2.61. The second kappa shape index (κ2) is 4.81. The van der Waals surface area contributed by atoms with Crippen molar-refractivity contribution in [2.75, 3.05) is 0 Å². The average Bonchev–Trinajstić information content (AvgIpc) is 2.75. The number of halogens is 3. The molecule has 0 radical (unpaired) electrons. The Morgan fingerprint density at radius 3 is 2.39 bits per heavy atom. The Kier molecular flexibility index (Phi) is 3.38. The Morgan fingerprint density at radius 1 is 1.28 bits per heavy atom. The quantitative estimate of drug-likeness (QED) is 0.915. The highest BCUT2D eigenvalue weighted by molar-refractivity contribution is 5.30. The summed E-state index contributed by atoms with van der Waals surface area (Å²) in [6.45, 7) is 2.41. The molecule has 0 saturated heterocycles. The first-order valence-corrected chi connectivity index (χ1v) is 5.37. The predicted molar refractivity (Wildman–Crippen MR) is 58.3 cm³/mol. The molecule has 0 saturated carbocycles. The van der Waals surface area contributed by atoms with Gasteiger partial charge < -0.3 is 5.11 Å². The summed E-state index contributed by atoms with van der Waals surface area (Å²) in [5.74, 6) is -3.27. The van der Waals surface area contributed by atoms with Gasteiger partial charge in [-0.05, 0) is 6.92 Å². The molecular formula is C12H11F3N2O. The fourth-order valence-corrected chi connectivity index (χ4v) is 1.67. The fraction of sp³-hybridized carbons (Fsp3) is 0.250. The van der Waals surface area contributed by atoms with Crippen LogP contribution >= 0.6 is 0 Å². The van der Waals surface area contributed by atoms with Gasteiger partial charge >= 0.3 is 0 Å². The lowest BCUT2D eigenvalue weighted by Crippen LogP contribution is -2.06. The molecule has 1 aromatic heterocycles. The van der Waals surface area contributed by atoms with E-state index in [9.17, 15) is 18.3 Å². The van der Waals surface area contributed by atoms with Crippen LogP contribution in [0.25, 0.3) is 0 Å². The molecule has 1 atom stereocenters. The summed E-state index contributed by atoms with van der Waals surface area (Å²) < 4.78 is 41.2. The van der Waals surface area contributed by atoms with E-state index in [0.717, 1.165) is 0 Å². The van der Waals surface area contributed by atoms with Crippen LogP contribution in [-0.2, 0) is 6.54 Å². The van der Waals surface area contributed by atoms with Gasteiger partial charge in [-0.2, -0.15) is 5.10 Å². The van der Waals surface area contributed by atoms with Crippen molar-refractivity contribution in [2.24, 2.45) is 0 Å². The van der Waals surface area contributed by atoms with Crippen LogP contribution in [0.1, 0.15) is 24.2 Å². The number of nitrogens with zero attached hydrogens (tertiary/aromatic N) is 2. The van der Waals surface area contributed by atoms with Crippen molar-refractivity contribution in [3.63, 3.8) is 0 Å². The minimum atomic E-state index is -1.51. The standard InChI is InChI=1S/C12H11F3N2O/c1-2-17-6-7(5-16-17)12(18)11-9(14)3-8(13)4-10(11)15/h3-6,12,18H,2H2,1H3. The minimum Gasteiger partial charge on any atom is -0.383 e. The van der Waals surface area contributed by atoms with Gasteiger partial charge in [-0.1, -0.05) is 0 Å². The molecule has 2 rings (SSSR count). The van der Waals surface area contributed by atoms with Crippen LogP contribution in [0.15, 0.2) is 24.5 Å². The minimum absolute atomic E-state index is 0.251. The zero-order chi connectivity index (χ0) is 13.3. The van der Waals surface area contributed by atoms with Crippen LogP contribution in [0.5, 0.6) is 0 Å². The van der Waals surface area contributed by atoms with E-state index in [1.165, 1.54) is 17.1 Å². The SMILES string of the molecule is CCn1cc(C(O)c2c(F)cc(F)cc2F)cn1. The van der Waals surface area contributed by atoms with Gasteiger partial charge in [0.1, 0.15) is 23.6 Å². The van der Waals surface area contributed by atoms with Gasteiger partial charge in [-0.25, -0.2) is 13.2 Å². The van der Waals surface area contributed by atoms with Gasteiger partial charge in [0.15, 0.2) is 0 Å². The van der Waals surface area contributed by atoms with E-state index >= 15 is 0 Å². The summed E-state index contributed by atoms with van der Waals surface area (Å²) in [5, 5.41) is 13.8. The number of aliphatic hydroxyl groups is 1. The molecule has 0 spiro atoms. The number of hydrogen-bond acceptors (Lipinski definition) is 2. The Bertz CT molecular complexity index is 545. The molecule has 1 heterocycles. The third-order valence-electron chi connectivity index (χ3n) is 2.61. The average molecular weight is 256 g/mol. The summed E-state index contributed by atoms with van der Waals surface area (Å²) in [5.41, 5.74) is -0.326. The largest absolute Gasteiger partial charge is 0.383 e. The Labute approximate surface area is 101 Å². The molecule has 0 aliphatic heterocycles. The highest BCUT2D eigenvalue weighted by atomic mass is 19.1. The van der Waals surface area contributed by atoms with Crippen molar-refractivity contribution in [2.45, 2.75) is 19.6 Å². The van der Waals surface area contributed by atoms with Crippen LogP contribution in [0.4, 0.5) is 13.2 Å². The zero-order valence-corrected chi connectivity index (χ0v) is 9.57. The van der Waals surface area contributed by atoms with Crippen molar-refractivity contribution in [3.8, 4) is 0 Å². The molecule has 6 heteroatoms. The van der Waals surface area contributed by atoms with Gasteiger partial charge in [0.25, 0.3) is 0 Å². The van der Waals surface area contributed by atoms with E-state index in [2.05, 4.69) is 5.10 Å². The third kappa shape index (κ3) is 2.24. The molecule has 96 valence electrons. The topological polar surface area (TPSA) is 38.0 Å². The number of rotatable bonds is 3. The summed E-state index contributed by atoms with van der Waals surface area (Å²) in [4.78, 5) is 0. The summed E-state index contributed by atoms with van der Waals surface area (Å²) in [6.07, 6.45) is 1.29. The van der Waals surface area contributed by atoms with Gasteiger partial charge in [0, 0.05) is 30.4 Å². The lowest BCUT2D eigenvalue weighted by Gasteiger charge is -2.11. The summed E-state index contributed by atoms with van der Waals surface area (Å²) in [7, 11) is 0. The molecule has 3 nitrogen and oxygen atoms in total. The maximum Gasteiger partial charge on any atom is 0.135 e. The Morgan fingerprint density at radius 2 is 1.89 bits per heavy atom. The van der Waals surface area contributed by atoms with Crippen LogP contribution in [0, 0.1) is 17.5 Å². The molecule has 0 aliphatic rings. The van der Waals surface area contributed by atoms with E-state index in [4.69, 9.17) is 0 Å². The lowest BCUT2D eigenvalue weighted by molar-refractivity contribution is 0.208. The maximum atomic E-state index is 13.5. The molecule has 0 amide bonds. The highest BCUT2D eigenvalue weighted by Crippen LogP contribution is 2.27. The number of aromatic nitrogens is 2. The van der Waals surface area contributed by atoms with Crippen molar-refractivity contribution >= 4 is 0 Å². The first-order valence-electron chi connectivity index (χ1n) is 5.37. The monoisotopic (exact) mass is 256 g/mol.